The quantitative estimate of drug-likeness (QED) is 0.382. The summed E-state index contributed by atoms with van der Waals surface area (Å²) in [5.41, 5.74) is 18.0. The van der Waals surface area contributed by atoms with Crippen LogP contribution in [0.15, 0.2) is 73.1 Å². The van der Waals surface area contributed by atoms with Gasteiger partial charge in [0.15, 0.2) is 0 Å². The highest BCUT2D eigenvalue weighted by Crippen LogP contribution is 2.41. The first-order chi connectivity index (χ1) is 16.7. The van der Waals surface area contributed by atoms with Gasteiger partial charge in [-0.15, -0.1) is 0 Å². The van der Waals surface area contributed by atoms with E-state index in [1.807, 2.05) is 42.6 Å². The van der Waals surface area contributed by atoms with E-state index in [1.54, 1.807) is 6.20 Å². The van der Waals surface area contributed by atoms with Crippen LogP contribution in [0.2, 0.25) is 0 Å². The highest BCUT2D eigenvalue weighted by Gasteiger charge is 2.28. The maximum atomic E-state index is 6.47. The molecular formula is C28H28N6. The van der Waals surface area contributed by atoms with Gasteiger partial charge in [0.1, 0.15) is 22.9 Å². The molecule has 1 fully saturated rings. The van der Waals surface area contributed by atoms with Crippen LogP contribution in [0.5, 0.6) is 0 Å². The van der Waals surface area contributed by atoms with Gasteiger partial charge in [-0.3, -0.25) is 4.40 Å². The van der Waals surface area contributed by atoms with Crippen molar-refractivity contribution in [2.45, 2.75) is 31.6 Å². The Labute approximate surface area is 198 Å². The molecule has 34 heavy (non-hydrogen) atoms. The molecule has 170 valence electrons. The largest absolute Gasteiger partial charge is 0.382 e. The molecule has 6 rings (SSSR count). The number of benzene rings is 2. The van der Waals surface area contributed by atoms with Gasteiger partial charge in [0.2, 0.25) is 0 Å². The van der Waals surface area contributed by atoms with Crippen molar-refractivity contribution in [3.05, 3.63) is 78.9 Å². The number of para-hydroxylation sites is 1. The van der Waals surface area contributed by atoms with Crippen LogP contribution in [0.3, 0.4) is 0 Å². The zero-order chi connectivity index (χ0) is 23.1. The van der Waals surface area contributed by atoms with E-state index < -0.39 is 0 Å². The summed E-state index contributed by atoms with van der Waals surface area (Å²) in [4.78, 5) is 14.8. The van der Waals surface area contributed by atoms with Gasteiger partial charge in [0.05, 0.1) is 11.2 Å². The molecule has 0 amide bonds. The van der Waals surface area contributed by atoms with Gasteiger partial charge in [-0.05, 0) is 50.3 Å². The molecule has 1 saturated carbocycles. The number of nitrogen functional groups attached to an aromatic ring is 1. The molecule has 4 N–H and O–H groups in total. The van der Waals surface area contributed by atoms with Crippen molar-refractivity contribution < 1.29 is 0 Å². The van der Waals surface area contributed by atoms with E-state index in [1.165, 1.54) is 0 Å². The number of nitrogens with zero attached hydrogens (tertiary/aromatic N) is 4. The van der Waals surface area contributed by atoms with Crippen molar-refractivity contribution >= 4 is 22.2 Å². The Balaban J connectivity index is 1.59. The number of hydrogen-bond acceptors (Lipinski definition) is 5. The number of hydrogen-bond donors (Lipinski definition) is 2. The minimum Gasteiger partial charge on any atom is -0.382 e. The number of fused-ring (bicyclic) bond motifs is 2. The Morgan fingerprint density at radius 3 is 2.44 bits per heavy atom. The molecule has 0 saturated heterocycles. The van der Waals surface area contributed by atoms with E-state index in [2.05, 4.69) is 33.7 Å². The summed E-state index contributed by atoms with van der Waals surface area (Å²) in [5, 5.41) is 1.07. The first kappa shape index (κ1) is 20.8. The van der Waals surface area contributed by atoms with Crippen molar-refractivity contribution in [1.82, 2.24) is 19.4 Å². The fourth-order valence-corrected chi connectivity index (χ4v) is 5.33. The Bertz CT molecular complexity index is 1470. The fourth-order valence-electron chi connectivity index (χ4n) is 5.33. The van der Waals surface area contributed by atoms with Gasteiger partial charge in [0.25, 0.3) is 0 Å². The number of pyridine rings is 1. The first-order valence-electron chi connectivity index (χ1n) is 12.0. The lowest BCUT2D eigenvalue weighted by molar-refractivity contribution is 0.325. The Kier molecular flexibility index (Phi) is 5.23. The summed E-state index contributed by atoms with van der Waals surface area (Å²) in [6, 6.07) is 20.7. The molecule has 2 aromatic carbocycles. The van der Waals surface area contributed by atoms with Crippen LogP contribution in [0.4, 0.5) is 5.82 Å². The zero-order valence-corrected chi connectivity index (χ0v) is 19.1. The molecule has 1 aliphatic rings. The summed E-state index contributed by atoms with van der Waals surface area (Å²) in [6.45, 7) is 0.764. The molecule has 6 nitrogen and oxygen atoms in total. The van der Waals surface area contributed by atoms with Crippen LogP contribution in [0.1, 0.15) is 37.4 Å². The number of nitrogens with two attached hydrogens (primary N) is 2. The molecule has 5 aromatic rings. The number of imidazole rings is 1. The van der Waals surface area contributed by atoms with E-state index >= 15 is 0 Å². The zero-order valence-electron chi connectivity index (χ0n) is 19.1. The van der Waals surface area contributed by atoms with Gasteiger partial charge < -0.3 is 11.5 Å². The van der Waals surface area contributed by atoms with Crippen molar-refractivity contribution in [3.8, 4) is 22.5 Å². The topological polar surface area (TPSA) is 95.1 Å². The third-order valence-electron chi connectivity index (χ3n) is 7.18. The van der Waals surface area contributed by atoms with E-state index in [0.717, 1.165) is 77.0 Å². The maximum absolute atomic E-state index is 6.47. The third-order valence-corrected chi connectivity index (χ3v) is 7.18. The van der Waals surface area contributed by atoms with Gasteiger partial charge in [0, 0.05) is 34.8 Å². The molecule has 3 heterocycles. The monoisotopic (exact) mass is 448 g/mol. The van der Waals surface area contributed by atoms with Crippen LogP contribution in [0, 0.1) is 5.92 Å². The Morgan fingerprint density at radius 2 is 1.65 bits per heavy atom. The Morgan fingerprint density at radius 1 is 0.882 bits per heavy atom. The normalized spacial score (nSPS) is 18.5. The van der Waals surface area contributed by atoms with E-state index in [4.69, 9.17) is 21.4 Å². The second-order valence-electron chi connectivity index (χ2n) is 9.25. The number of aromatic nitrogens is 4. The number of rotatable bonds is 4. The minimum atomic E-state index is 0.374. The molecular weight excluding hydrogens is 420 g/mol. The lowest BCUT2D eigenvalue weighted by Crippen LogP contribution is -2.21. The SMILES string of the molecule is NCC1CCC(c2nc(-c3cc4ccccc4nc3-c3ccccc3)c3c(N)nccn23)CC1. The van der Waals surface area contributed by atoms with Crippen LogP contribution in [-0.2, 0) is 0 Å². The lowest BCUT2D eigenvalue weighted by Gasteiger charge is -2.26. The average molecular weight is 449 g/mol. The van der Waals surface area contributed by atoms with Gasteiger partial charge >= 0.3 is 0 Å². The summed E-state index contributed by atoms with van der Waals surface area (Å²) in [7, 11) is 0. The second-order valence-corrected chi connectivity index (χ2v) is 9.25. The molecule has 0 atom stereocenters. The van der Waals surface area contributed by atoms with Crippen molar-refractivity contribution in [2.24, 2.45) is 11.7 Å². The third kappa shape index (κ3) is 3.51. The van der Waals surface area contributed by atoms with Gasteiger partial charge in [-0.2, -0.15) is 0 Å². The van der Waals surface area contributed by atoms with Crippen LogP contribution >= 0.6 is 0 Å². The average Bonchev–Trinajstić information content (AvgIpc) is 3.29. The van der Waals surface area contributed by atoms with Crippen LogP contribution in [-0.4, -0.2) is 25.9 Å². The standard InChI is InChI=1S/C28H28N6/c29-17-18-10-12-20(13-11-18)28-33-25(26-27(30)31-14-15-34(26)28)22-16-21-8-4-5-9-23(21)32-24(22)19-6-2-1-3-7-19/h1-9,14-16,18,20H,10-13,17,29H2,(H2,30,31). The van der Waals surface area contributed by atoms with Crippen LogP contribution < -0.4 is 11.5 Å². The van der Waals surface area contributed by atoms with Gasteiger partial charge in [-0.1, -0.05) is 48.5 Å². The summed E-state index contributed by atoms with van der Waals surface area (Å²) in [6.07, 6.45) is 8.20. The first-order valence-corrected chi connectivity index (χ1v) is 12.0. The Hall–Kier alpha value is -3.77. The summed E-state index contributed by atoms with van der Waals surface area (Å²) < 4.78 is 2.15. The number of anilines is 1. The molecule has 0 aliphatic heterocycles. The maximum Gasteiger partial charge on any atom is 0.150 e. The summed E-state index contributed by atoms with van der Waals surface area (Å²) in [5.74, 6) is 2.53. The smallest absolute Gasteiger partial charge is 0.150 e. The highest BCUT2D eigenvalue weighted by molar-refractivity contribution is 5.96. The minimum absolute atomic E-state index is 0.374. The summed E-state index contributed by atoms with van der Waals surface area (Å²) >= 11 is 0. The fraction of sp³-hybridized carbons (Fsp3) is 0.250. The van der Waals surface area contributed by atoms with Crippen LogP contribution in [0.25, 0.3) is 38.9 Å². The van der Waals surface area contributed by atoms with Crippen molar-refractivity contribution in [3.63, 3.8) is 0 Å². The van der Waals surface area contributed by atoms with Crippen molar-refractivity contribution in [1.29, 1.82) is 0 Å². The lowest BCUT2D eigenvalue weighted by atomic mass is 9.81. The molecule has 0 radical (unpaired) electrons. The predicted octanol–water partition coefficient (Wildman–Crippen LogP) is 5.43. The van der Waals surface area contributed by atoms with E-state index in [-0.39, 0.29) is 0 Å². The second kappa shape index (κ2) is 8.54. The molecule has 3 aromatic heterocycles. The van der Waals surface area contributed by atoms with E-state index in [9.17, 15) is 0 Å². The van der Waals surface area contributed by atoms with Crippen molar-refractivity contribution in [2.75, 3.05) is 12.3 Å². The molecule has 0 spiro atoms. The highest BCUT2D eigenvalue weighted by atomic mass is 15.1. The molecule has 6 heteroatoms. The van der Waals surface area contributed by atoms with E-state index in [0.29, 0.717) is 17.7 Å². The molecule has 0 unspecified atom stereocenters. The molecule has 0 bridgehead atoms. The van der Waals surface area contributed by atoms with Gasteiger partial charge in [-0.25, -0.2) is 15.0 Å². The predicted molar refractivity (Wildman–Crippen MR) is 137 cm³/mol. The molecule has 1 aliphatic carbocycles.